The summed E-state index contributed by atoms with van der Waals surface area (Å²) in [4.78, 5) is 23.1. The van der Waals surface area contributed by atoms with Crippen LogP contribution in [-0.2, 0) is 22.7 Å². The van der Waals surface area contributed by atoms with E-state index in [1.165, 1.54) is 0 Å². The molecule has 2 aromatic carbocycles. The van der Waals surface area contributed by atoms with Gasteiger partial charge in [-0.05, 0) is 23.3 Å². The van der Waals surface area contributed by atoms with Crippen molar-refractivity contribution in [1.29, 1.82) is 0 Å². The molecule has 1 aliphatic heterocycles. The predicted molar refractivity (Wildman–Crippen MR) is 112 cm³/mol. The number of halogens is 1. The van der Waals surface area contributed by atoms with Gasteiger partial charge in [0.15, 0.2) is 6.61 Å². The number of carbonyl (C=O) groups is 2. The Morgan fingerprint density at radius 1 is 1.17 bits per heavy atom. The SMILES string of the molecule is Cl.NC(=O)C1CNCc2c1c1c(OCC(=O)O)cccc1n2Cc1ccccc1. The molecular weight excluding hydrogens is 394 g/mol. The summed E-state index contributed by atoms with van der Waals surface area (Å²) >= 11 is 0. The van der Waals surface area contributed by atoms with E-state index < -0.39 is 24.4 Å². The van der Waals surface area contributed by atoms with Gasteiger partial charge in [0.2, 0.25) is 5.91 Å². The molecule has 0 fully saturated rings. The van der Waals surface area contributed by atoms with Crippen LogP contribution in [0.5, 0.6) is 5.75 Å². The number of aliphatic carboxylic acids is 1. The van der Waals surface area contributed by atoms with Gasteiger partial charge in [-0.15, -0.1) is 12.4 Å². The lowest BCUT2D eigenvalue weighted by Crippen LogP contribution is -2.36. The highest BCUT2D eigenvalue weighted by Gasteiger charge is 2.32. The number of hydrogen-bond acceptors (Lipinski definition) is 4. The maximum atomic E-state index is 12.1. The molecule has 0 radical (unpaired) electrons. The number of fused-ring (bicyclic) bond motifs is 3. The van der Waals surface area contributed by atoms with Gasteiger partial charge in [0.05, 0.1) is 11.4 Å². The Bertz CT molecular complexity index is 1050. The number of hydrogen-bond donors (Lipinski definition) is 3. The van der Waals surface area contributed by atoms with E-state index in [1.807, 2.05) is 42.5 Å². The van der Waals surface area contributed by atoms with E-state index in [0.717, 1.165) is 27.7 Å². The second-order valence-corrected chi connectivity index (χ2v) is 6.85. The van der Waals surface area contributed by atoms with Crippen molar-refractivity contribution in [3.8, 4) is 5.75 Å². The Balaban J connectivity index is 0.00000240. The third-order valence-corrected chi connectivity index (χ3v) is 5.07. The fourth-order valence-electron chi connectivity index (χ4n) is 3.90. The quantitative estimate of drug-likeness (QED) is 0.572. The molecule has 4 N–H and O–H groups in total. The molecule has 1 aliphatic rings. The van der Waals surface area contributed by atoms with E-state index in [0.29, 0.717) is 25.4 Å². The van der Waals surface area contributed by atoms with Gasteiger partial charge in [-0.1, -0.05) is 36.4 Å². The van der Waals surface area contributed by atoms with Gasteiger partial charge in [0.1, 0.15) is 5.75 Å². The molecule has 1 atom stereocenters. The maximum absolute atomic E-state index is 12.1. The molecule has 152 valence electrons. The molecule has 0 saturated heterocycles. The van der Waals surface area contributed by atoms with Crippen molar-refractivity contribution in [2.75, 3.05) is 13.2 Å². The molecule has 1 aromatic heterocycles. The highest BCUT2D eigenvalue weighted by atomic mass is 35.5. The summed E-state index contributed by atoms with van der Waals surface area (Å²) in [6.07, 6.45) is 0. The van der Waals surface area contributed by atoms with Gasteiger partial charge >= 0.3 is 5.97 Å². The summed E-state index contributed by atoms with van der Waals surface area (Å²) < 4.78 is 7.70. The number of nitrogens with one attached hydrogen (secondary N) is 1. The minimum Gasteiger partial charge on any atom is -0.481 e. The Hall–Kier alpha value is -3.03. The van der Waals surface area contributed by atoms with Crippen LogP contribution in [-0.4, -0.2) is 34.7 Å². The lowest BCUT2D eigenvalue weighted by Gasteiger charge is -2.23. The number of carboxylic acid groups (broad SMARTS) is 1. The summed E-state index contributed by atoms with van der Waals surface area (Å²) in [5, 5.41) is 13.0. The molecule has 0 saturated carbocycles. The zero-order valence-electron chi connectivity index (χ0n) is 15.6. The monoisotopic (exact) mass is 415 g/mol. The Morgan fingerprint density at radius 2 is 1.93 bits per heavy atom. The van der Waals surface area contributed by atoms with Gasteiger partial charge < -0.3 is 25.5 Å². The third kappa shape index (κ3) is 3.92. The van der Waals surface area contributed by atoms with Crippen LogP contribution < -0.4 is 15.8 Å². The van der Waals surface area contributed by atoms with Gasteiger partial charge in [-0.25, -0.2) is 4.79 Å². The van der Waals surface area contributed by atoms with Gasteiger partial charge in [0, 0.05) is 30.7 Å². The van der Waals surface area contributed by atoms with E-state index in [2.05, 4.69) is 9.88 Å². The van der Waals surface area contributed by atoms with Crippen molar-refractivity contribution in [2.45, 2.75) is 19.0 Å². The first kappa shape index (κ1) is 20.7. The van der Waals surface area contributed by atoms with Crippen LogP contribution in [0.4, 0.5) is 0 Å². The summed E-state index contributed by atoms with van der Waals surface area (Å²) in [5.41, 5.74) is 9.51. The third-order valence-electron chi connectivity index (χ3n) is 5.07. The van der Waals surface area contributed by atoms with Crippen molar-refractivity contribution in [1.82, 2.24) is 9.88 Å². The average molecular weight is 416 g/mol. The zero-order chi connectivity index (χ0) is 19.7. The highest BCUT2D eigenvalue weighted by Crippen LogP contribution is 2.40. The smallest absolute Gasteiger partial charge is 0.341 e. The number of amides is 1. The molecule has 3 aromatic rings. The summed E-state index contributed by atoms with van der Waals surface area (Å²) in [6, 6.07) is 15.6. The lowest BCUT2D eigenvalue weighted by molar-refractivity contribution is -0.139. The van der Waals surface area contributed by atoms with E-state index in [9.17, 15) is 9.59 Å². The number of nitrogens with zero attached hydrogens (tertiary/aromatic N) is 1. The number of rotatable bonds is 6. The molecular formula is C21H22ClN3O4. The average Bonchev–Trinajstić information content (AvgIpc) is 3.01. The molecule has 4 rings (SSSR count). The molecule has 7 nitrogen and oxygen atoms in total. The minimum atomic E-state index is -1.05. The molecule has 0 spiro atoms. The van der Waals surface area contributed by atoms with E-state index in [-0.39, 0.29) is 12.4 Å². The lowest BCUT2D eigenvalue weighted by atomic mass is 9.92. The largest absolute Gasteiger partial charge is 0.481 e. The van der Waals surface area contributed by atoms with Crippen LogP contribution in [0.25, 0.3) is 10.9 Å². The van der Waals surface area contributed by atoms with Crippen molar-refractivity contribution in [3.05, 3.63) is 65.4 Å². The number of nitrogens with two attached hydrogens (primary N) is 1. The van der Waals surface area contributed by atoms with Crippen molar-refractivity contribution in [3.63, 3.8) is 0 Å². The number of carbonyl (C=O) groups excluding carboxylic acids is 1. The fourth-order valence-corrected chi connectivity index (χ4v) is 3.90. The van der Waals surface area contributed by atoms with E-state index in [1.54, 1.807) is 6.07 Å². The number of primary amides is 1. The number of ether oxygens (including phenoxy) is 1. The number of benzene rings is 2. The first-order valence-electron chi connectivity index (χ1n) is 9.08. The van der Waals surface area contributed by atoms with Crippen molar-refractivity contribution in [2.24, 2.45) is 5.73 Å². The molecule has 29 heavy (non-hydrogen) atoms. The van der Waals surface area contributed by atoms with E-state index in [4.69, 9.17) is 15.6 Å². The molecule has 0 aliphatic carbocycles. The zero-order valence-corrected chi connectivity index (χ0v) is 16.4. The first-order chi connectivity index (χ1) is 13.6. The van der Waals surface area contributed by atoms with Crippen LogP contribution in [0.1, 0.15) is 22.7 Å². The Morgan fingerprint density at radius 3 is 2.62 bits per heavy atom. The first-order valence-corrected chi connectivity index (χ1v) is 9.08. The van der Waals surface area contributed by atoms with Gasteiger partial charge in [0.25, 0.3) is 0 Å². The summed E-state index contributed by atoms with van der Waals surface area (Å²) in [7, 11) is 0. The fraction of sp³-hybridized carbons (Fsp3) is 0.238. The van der Waals surface area contributed by atoms with Crippen LogP contribution in [0.3, 0.4) is 0 Å². The molecule has 0 bridgehead atoms. The predicted octanol–water partition coefficient (Wildman–Crippen LogP) is 2.25. The minimum absolute atomic E-state index is 0. The maximum Gasteiger partial charge on any atom is 0.341 e. The second-order valence-electron chi connectivity index (χ2n) is 6.85. The van der Waals surface area contributed by atoms with Crippen LogP contribution in [0.15, 0.2) is 48.5 Å². The standard InChI is InChI=1S/C21H21N3O4.ClH/c22-21(27)14-9-23-10-16-19(14)20-15(7-4-8-17(20)28-12-18(25)26)24(16)11-13-5-2-1-3-6-13;/h1-8,14,23H,9-12H2,(H2,22,27)(H,25,26);1H. The Labute approximate surface area is 173 Å². The topological polar surface area (TPSA) is 107 Å². The normalized spacial score (nSPS) is 15.4. The molecule has 1 amide bonds. The molecule has 8 heteroatoms. The summed E-state index contributed by atoms with van der Waals surface area (Å²) in [6.45, 7) is 1.22. The van der Waals surface area contributed by atoms with Crippen molar-refractivity contribution < 1.29 is 19.4 Å². The number of aromatic nitrogens is 1. The summed E-state index contributed by atoms with van der Waals surface area (Å²) in [5.74, 6) is -1.52. The van der Waals surface area contributed by atoms with Gasteiger partial charge in [-0.3, -0.25) is 4.79 Å². The molecule has 2 heterocycles. The number of carboxylic acids is 1. The van der Waals surface area contributed by atoms with Crippen LogP contribution in [0, 0.1) is 0 Å². The van der Waals surface area contributed by atoms with Crippen LogP contribution in [0.2, 0.25) is 0 Å². The Kier molecular flexibility index (Phi) is 6.10. The van der Waals surface area contributed by atoms with E-state index >= 15 is 0 Å². The van der Waals surface area contributed by atoms with Crippen LogP contribution >= 0.6 is 12.4 Å². The van der Waals surface area contributed by atoms with Gasteiger partial charge in [-0.2, -0.15) is 0 Å². The van der Waals surface area contributed by atoms with Crippen molar-refractivity contribution >= 4 is 35.2 Å². The molecule has 1 unspecified atom stereocenters. The highest BCUT2D eigenvalue weighted by molar-refractivity contribution is 5.97. The second kappa shape index (κ2) is 8.55.